The Balaban J connectivity index is 2.18. The number of carboxylic acids is 1. The first-order chi connectivity index (χ1) is 7.48. The van der Waals surface area contributed by atoms with Crippen molar-refractivity contribution < 1.29 is 18.7 Å². The summed E-state index contributed by atoms with van der Waals surface area (Å²) in [6, 6.07) is 6.94. The molecule has 0 bridgehead atoms. The Hall–Kier alpha value is -1.45. The van der Waals surface area contributed by atoms with E-state index >= 15 is 0 Å². The van der Waals surface area contributed by atoms with Crippen LogP contribution in [0.5, 0.6) is 0 Å². The number of hydrogen-bond donors (Lipinski definition) is 1. The summed E-state index contributed by atoms with van der Waals surface area (Å²) >= 11 is 0. The fourth-order valence-corrected chi connectivity index (χ4v) is 2.14. The van der Waals surface area contributed by atoms with E-state index in [-0.39, 0.29) is 25.2 Å². The van der Waals surface area contributed by atoms with Gasteiger partial charge < -0.3 is 5.11 Å². The van der Waals surface area contributed by atoms with Crippen LogP contribution in [0.15, 0.2) is 24.3 Å². The second kappa shape index (κ2) is 3.85. The highest BCUT2D eigenvalue weighted by Gasteiger charge is 2.46. The molecular weight excluding hydrogens is 214 g/mol. The molecule has 1 aliphatic carbocycles. The summed E-state index contributed by atoms with van der Waals surface area (Å²) in [5.41, 5.74) is 1.41. The molecule has 0 unspecified atom stereocenters. The summed E-state index contributed by atoms with van der Waals surface area (Å²) in [4.78, 5) is 10.6. The van der Waals surface area contributed by atoms with E-state index in [2.05, 4.69) is 0 Å². The van der Waals surface area contributed by atoms with E-state index in [9.17, 15) is 13.6 Å². The van der Waals surface area contributed by atoms with Gasteiger partial charge in [-0.15, -0.1) is 0 Å². The Bertz CT molecular complexity index is 407. The molecule has 1 saturated carbocycles. The first-order valence-corrected chi connectivity index (χ1v) is 5.15. The Kier molecular flexibility index (Phi) is 2.66. The van der Waals surface area contributed by atoms with Crippen molar-refractivity contribution in [2.24, 2.45) is 0 Å². The standard InChI is InChI=1S/C12H12F2O2/c13-12(14)6-9(7-12)10-4-2-1-3-8(10)5-11(15)16/h1-4,9H,5-7H2,(H,15,16). The van der Waals surface area contributed by atoms with Crippen LogP contribution in [-0.4, -0.2) is 17.0 Å². The third kappa shape index (κ3) is 2.21. The van der Waals surface area contributed by atoms with E-state index in [0.717, 1.165) is 5.56 Å². The van der Waals surface area contributed by atoms with E-state index in [0.29, 0.717) is 5.56 Å². The summed E-state index contributed by atoms with van der Waals surface area (Å²) in [5, 5.41) is 8.72. The molecule has 0 atom stereocenters. The van der Waals surface area contributed by atoms with Crippen molar-refractivity contribution in [3.8, 4) is 0 Å². The molecule has 86 valence electrons. The summed E-state index contributed by atoms with van der Waals surface area (Å²) in [7, 11) is 0. The molecule has 0 amide bonds. The monoisotopic (exact) mass is 226 g/mol. The average Bonchev–Trinajstić information content (AvgIpc) is 2.14. The minimum Gasteiger partial charge on any atom is -0.481 e. The largest absolute Gasteiger partial charge is 0.481 e. The molecule has 2 rings (SSSR count). The molecular formula is C12H12F2O2. The second-order valence-corrected chi connectivity index (χ2v) is 4.23. The fourth-order valence-electron chi connectivity index (χ4n) is 2.14. The third-order valence-corrected chi connectivity index (χ3v) is 2.93. The molecule has 0 aliphatic heterocycles. The molecule has 1 aromatic carbocycles. The van der Waals surface area contributed by atoms with Crippen molar-refractivity contribution in [1.82, 2.24) is 0 Å². The Labute approximate surface area is 91.9 Å². The molecule has 1 aliphatic rings. The van der Waals surface area contributed by atoms with Gasteiger partial charge in [-0.25, -0.2) is 8.78 Å². The zero-order chi connectivity index (χ0) is 11.8. The summed E-state index contributed by atoms with van der Waals surface area (Å²) < 4.78 is 25.5. The van der Waals surface area contributed by atoms with Gasteiger partial charge in [0.15, 0.2) is 0 Å². The van der Waals surface area contributed by atoms with Gasteiger partial charge in [-0.3, -0.25) is 4.79 Å². The molecule has 0 spiro atoms. The first-order valence-electron chi connectivity index (χ1n) is 5.15. The highest BCUT2D eigenvalue weighted by Crippen LogP contribution is 2.49. The lowest BCUT2D eigenvalue weighted by molar-refractivity contribution is -0.136. The molecule has 0 saturated heterocycles. The van der Waals surface area contributed by atoms with E-state index in [4.69, 9.17) is 5.11 Å². The van der Waals surface area contributed by atoms with Gasteiger partial charge in [0.05, 0.1) is 6.42 Å². The highest BCUT2D eigenvalue weighted by molar-refractivity contribution is 5.70. The SMILES string of the molecule is O=C(O)Cc1ccccc1C1CC(F)(F)C1. The van der Waals surface area contributed by atoms with Crippen molar-refractivity contribution in [2.75, 3.05) is 0 Å². The maximum absolute atomic E-state index is 12.8. The van der Waals surface area contributed by atoms with Crippen LogP contribution in [0.4, 0.5) is 8.78 Å². The first kappa shape index (κ1) is 11.0. The molecule has 1 fully saturated rings. The molecule has 2 nitrogen and oxygen atoms in total. The molecule has 1 aromatic rings. The van der Waals surface area contributed by atoms with Gasteiger partial charge in [0.25, 0.3) is 0 Å². The van der Waals surface area contributed by atoms with Crippen molar-refractivity contribution in [3.05, 3.63) is 35.4 Å². The minimum atomic E-state index is -2.57. The third-order valence-electron chi connectivity index (χ3n) is 2.93. The lowest BCUT2D eigenvalue weighted by Crippen LogP contribution is -2.34. The number of carboxylic acid groups (broad SMARTS) is 1. The molecule has 4 heteroatoms. The van der Waals surface area contributed by atoms with Crippen molar-refractivity contribution in [2.45, 2.75) is 31.1 Å². The zero-order valence-corrected chi connectivity index (χ0v) is 8.62. The Morgan fingerprint density at radius 3 is 2.56 bits per heavy atom. The maximum atomic E-state index is 12.8. The van der Waals surface area contributed by atoms with Crippen LogP contribution in [0.1, 0.15) is 29.9 Å². The summed E-state index contributed by atoms with van der Waals surface area (Å²) in [5.74, 6) is -3.69. The van der Waals surface area contributed by atoms with Crippen molar-refractivity contribution in [1.29, 1.82) is 0 Å². The van der Waals surface area contributed by atoms with Crippen molar-refractivity contribution >= 4 is 5.97 Å². The van der Waals surface area contributed by atoms with Crippen LogP contribution >= 0.6 is 0 Å². The van der Waals surface area contributed by atoms with Crippen LogP contribution < -0.4 is 0 Å². The zero-order valence-electron chi connectivity index (χ0n) is 8.62. The Morgan fingerprint density at radius 1 is 1.38 bits per heavy atom. The molecule has 0 aromatic heterocycles. The predicted molar refractivity (Wildman–Crippen MR) is 54.7 cm³/mol. The Morgan fingerprint density at radius 2 is 2.00 bits per heavy atom. The highest BCUT2D eigenvalue weighted by atomic mass is 19.3. The number of alkyl halides is 2. The van der Waals surface area contributed by atoms with Gasteiger partial charge in [0.2, 0.25) is 5.92 Å². The van der Waals surface area contributed by atoms with Crippen LogP contribution in [0.2, 0.25) is 0 Å². The number of benzene rings is 1. The van der Waals surface area contributed by atoms with Gasteiger partial charge in [-0.05, 0) is 17.0 Å². The van der Waals surface area contributed by atoms with Crippen molar-refractivity contribution in [3.63, 3.8) is 0 Å². The van der Waals surface area contributed by atoms with Crippen LogP contribution in [0, 0.1) is 0 Å². The van der Waals surface area contributed by atoms with Crippen LogP contribution in [-0.2, 0) is 11.2 Å². The number of rotatable bonds is 3. The van der Waals surface area contributed by atoms with Gasteiger partial charge in [0, 0.05) is 12.8 Å². The number of hydrogen-bond acceptors (Lipinski definition) is 1. The van der Waals surface area contributed by atoms with E-state index < -0.39 is 11.9 Å². The minimum absolute atomic E-state index is 0.0990. The predicted octanol–water partition coefficient (Wildman–Crippen LogP) is 2.83. The van der Waals surface area contributed by atoms with Gasteiger partial charge in [-0.2, -0.15) is 0 Å². The van der Waals surface area contributed by atoms with Crippen LogP contribution in [0.25, 0.3) is 0 Å². The van der Waals surface area contributed by atoms with Gasteiger partial charge >= 0.3 is 5.97 Å². The lowest BCUT2D eigenvalue weighted by Gasteiger charge is -2.36. The quantitative estimate of drug-likeness (QED) is 0.860. The lowest BCUT2D eigenvalue weighted by atomic mass is 9.75. The number of halogens is 2. The fraction of sp³-hybridized carbons (Fsp3) is 0.417. The van der Waals surface area contributed by atoms with E-state index in [1.165, 1.54) is 0 Å². The summed E-state index contributed by atoms with van der Waals surface area (Å²) in [6.45, 7) is 0. The van der Waals surface area contributed by atoms with Gasteiger partial charge in [-0.1, -0.05) is 24.3 Å². The van der Waals surface area contributed by atoms with E-state index in [1.54, 1.807) is 24.3 Å². The molecule has 16 heavy (non-hydrogen) atoms. The average molecular weight is 226 g/mol. The van der Waals surface area contributed by atoms with Gasteiger partial charge in [0.1, 0.15) is 0 Å². The maximum Gasteiger partial charge on any atom is 0.307 e. The topological polar surface area (TPSA) is 37.3 Å². The number of aliphatic carboxylic acids is 1. The molecule has 0 heterocycles. The summed E-state index contributed by atoms with van der Waals surface area (Å²) in [6.07, 6.45) is -0.425. The van der Waals surface area contributed by atoms with E-state index in [1.807, 2.05) is 0 Å². The number of carbonyl (C=O) groups is 1. The smallest absolute Gasteiger partial charge is 0.307 e. The van der Waals surface area contributed by atoms with Crippen LogP contribution in [0.3, 0.4) is 0 Å². The normalized spacial score (nSPS) is 19.1. The second-order valence-electron chi connectivity index (χ2n) is 4.23. The molecule has 1 N–H and O–H groups in total. The molecule has 0 radical (unpaired) electrons.